The van der Waals surface area contributed by atoms with E-state index in [1.807, 2.05) is 12.4 Å². The summed E-state index contributed by atoms with van der Waals surface area (Å²) in [6.07, 6.45) is 1.08. The molecule has 1 atom stereocenters. The Labute approximate surface area is 82.6 Å². The molecule has 0 amide bonds. The van der Waals surface area contributed by atoms with Gasteiger partial charge in [0.1, 0.15) is 0 Å². The van der Waals surface area contributed by atoms with Gasteiger partial charge in [0, 0.05) is 10.3 Å². The van der Waals surface area contributed by atoms with E-state index in [4.69, 9.17) is 0 Å². The number of aliphatic hydroxyl groups is 1. The molecule has 1 saturated carbocycles. The van der Waals surface area contributed by atoms with Gasteiger partial charge in [-0.05, 0) is 18.8 Å². The van der Waals surface area contributed by atoms with Gasteiger partial charge in [-0.1, -0.05) is 13.8 Å². The van der Waals surface area contributed by atoms with E-state index >= 15 is 0 Å². The van der Waals surface area contributed by atoms with Crippen molar-refractivity contribution in [1.82, 2.24) is 4.98 Å². The number of aliphatic hydroxyl groups excluding tert-OH is 1. The Bertz CT molecular complexity index is 331. The molecule has 1 aromatic rings. The molecule has 1 unspecified atom stereocenters. The lowest BCUT2D eigenvalue weighted by Crippen LogP contribution is -2.18. The summed E-state index contributed by atoms with van der Waals surface area (Å²) in [7, 11) is 0. The number of rotatable bonds is 2. The van der Waals surface area contributed by atoms with Crippen molar-refractivity contribution in [1.29, 1.82) is 0 Å². The monoisotopic (exact) mass is 197 g/mol. The van der Waals surface area contributed by atoms with Gasteiger partial charge in [-0.3, -0.25) is 0 Å². The number of nitrogens with zero attached hydrogens (tertiary/aromatic N) is 1. The van der Waals surface area contributed by atoms with Gasteiger partial charge in [0.05, 0.1) is 17.8 Å². The van der Waals surface area contributed by atoms with Gasteiger partial charge in [0.2, 0.25) is 0 Å². The molecular weight excluding hydrogens is 182 g/mol. The van der Waals surface area contributed by atoms with Crippen LogP contribution in [0.3, 0.4) is 0 Å². The van der Waals surface area contributed by atoms with Crippen LogP contribution >= 0.6 is 11.3 Å². The van der Waals surface area contributed by atoms with Crippen molar-refractivity contribution in [3.63, 3.8) is 0 Å². The predicted molar refractivity (Wildman–Crippen MR) is 54.0 cm³/mol. The summed E-state index contributed by atoms with van der Waals surface area (Å²) < 4.78 is 0. The zero-order valence-corrected chi connectivity index (χ0v) is 9.11. The summed E-state index contributed by atoms with van der Waals surface area (Å²) in [4.78, 5) is 5.52. The lowest BCUT2D eigenvalue weighted by Gasteiger charge is -2.16. The fourth-order valence-electron chi connectivity index (χ4n) is 2.20. The number of hydrogen-bond acceptors (Lipinski definition) is 3. The second kappa shape index (κ2) is 2.55. The quantitative estimate of drug-likeness (QED) is 0.787. The molecule has 0 aromatic carbocycles. The Kier molecular flexibility index (Phi) is 1.79. The first kappa shape index (κ1) is 9.16. The Morgan fingerprint density at radius 3 is 2.54 bits per heavy atom. The minimum absolute atomic E-state index is 0.0122. The molecule has 1 aliphatic carbocycles. The summed E-state index contributed by atoms with van der Waals surface area (Å²) in [6.45, 7) is 6.70. The van der Waals surface area contributed by atoms with Crippen molar-refractivity contribution in [2.24, 2.45) is 5.41 Å². The minimum atomic E-state index is 0.0122. The van der Waals surface area contributed by atoms with E-state index < -0.39 is 0 Å². The van der Waals surface area contributed by atoms with E-state index in [1.54, 1.807) is 11.3 Å². The second-order valence-corrected chi connectivity index (χ2v) is 5.42. The number of aryl methyl sites for hydroxylation is 1. The van der Waals surface area contributed by atoms with Gasteiger partial charge in [-0.15, -0.1) is 11.3 Å². The van der Waals surface area contributed by atoms with Crippen LogP contribution in [0.5, 0.6) is 0 Å². The first-order valence-electron chi connectivity index (χ1n) is 4.55. The highest BCUT2D eigenvalue weighted by molar-refractivity contribution is 7.10. The van der Waals surface area contributed by atoms with Gasteiger partial charge in [-0.25, -0.2) is 4.98 Å². The third kappa shape index (κ3) is 1.07. The molecule has 1 aromatic heterocycles. The Balaban J connectivity index is 2.41. The highest BCUT2D eigenvalue weighted by atomic mass is 32.1. The molecule has 72 valence electrons. The van der Waals surface area contributed by atoms with Crippen LogP contribution in [0.1, 0.15) is 30.8 Å². The third-order valence-electron chi connectivity index (χ3n) is 3.36. The topological polar surface area (TPSA) is 33.1 Å². The first-order chi connectivity index (χ1) is 6.03. The Hall–Kier alpha value is -0.410. The zero-order valence-electron chi connectivity index (χ0n) is 8.29. The van der Waals surface area contributed by atoms with E-state index in [0.29, 0.717) is 0 Å². The molecule has 1 N–H and O–H groups in total. The molecule has 0 saturated heterocycles. The molecule has 0 radical (unpaired) electrons. The average Bonchev–Trinajstić information content (AvgIpc) is 2.43. The van der Waals surface area contributed by atoms with Crippen LogP contribution in [-0.2, 0) is 5.41 Å². The predicted octanol–water partition coefficient (Wildman–Crippen LogP) is 2.11. The number of hydrogen-bond donors (Lipinski definition) is 1. The molecule has 13 heavy (non-hydrogen) atoms. The maximum atomic E-state index is 9.47. The van der Waals surface area contributed by atoms with Gasteiger partial charge < -0.3 is 5.11 Å². The molecule has 1 fully saturated rings. The molecule has 0 spiro atoms. The first-order valence-corrected chi connectivity index (χ1v) is 5.43. The van der Waals surface area contributed by atoms with Crippen LogP contribution in [-0.4, -0.2) is 16.7 Å². The van der Waals surface area contributed by atoms with Gasteiger partial charge >= 0.3 is 0 Å². The third-order valence-corrected chi connectivity index (χ3v) is 4.50. The molecular formula is C10H15NOS. The van der Waals surface area contributed by atoms with Crippen molar-refractivity contribution in [3.05, 3.63) is 16.1 Å². The average molecular weight is 197 g/mol. The normalized spacial score (nSPS) is 30.5. The molecule has 1 aliphatic rings. The molecule has 1 heterocycles. The van der Waals surface area contributed by atoms with Crippen LogP contribution in [0, 0.1) is 12.3 Å². The van der Waals surface area contributed by atoms with Crippen molar-refractivity contribution < 1.29 is 5.11 Å². The second-order valence-electron chi connectivity index (χ2n) is 4.57. The lowest BCUT2D eigenvalue weighted by molar-refractivity contribution is 0.233. The highest BCUT2D eigenvalue weighted by Gasteiger charge is 2.63. The molecule has 0 aliphatic heterocycles. The van der Waals surface area contributed by atoms with Crippen LogP contribution in [0.15, 0.2) is 5.51 Å². The number of aromatic nitrogens is 1. The number of thiazole rings is 1. The summed E-state index contributed by atoms with van der Waals surface area (Å²) >= 11 is 1.67. The summed E-state index contributed by atoms with van der Waals surface area (Å²) in [6, 6.07) is 0. The standard InChI is InChI=1S/C10H15NOS/c1-7-8(13-6-11-7)10(5-12)4-9(10,2)3/h6,12H,4-5H2,1-3H3. The van der Waals surface area contributed by atoms with Gasteiger partial charge in [-0.2, -0.15) is 0 Å². The largest absolute Gasteiger partial charge is 0.395 e. The Morgan fingerprint density at radius 2 is 2.23 bits per heavy atom. The van der Waals surface area contributed by atoms with Gasteiger partial charge in [0.15, 0.2) is 0 Å². The zero-order chi connectivity index (χ0) is 9.69. The fourth-order valence-corrected chi connectivity index (χ4v) is 3.38. The summed E-state index contributed by atoms with van der Waals surface area (Å²) in [5.74, 6) is 0. The maximum absolute atomic E-state index is 9.47. The van der Waals surface area contributed by atoms with Crippen LogP contribution in [0.2, 0.25) is 0 Å². The molecule has 2 nitrogen and oxygen atoms in total. The maximum Gasteiger partial charge on any atom is 0.0797 e. The minimum Gasteiger partial charge on any atom is -0.395 e. The van der Waals surface area contributed by atoms with Crippen molar-refractivity contribution in [2.75, 3.05) is 6.61 Å². The van der Waals surface area contributed by atoms with Gasteiger partial charge in [0.25, 0.3) is 0 Å². The van der Waals surface area contributed by atoms with E-state index in [1.165, 1.54) is 4.88 Å². The highest BCUT2D eigenvalue weighted by Crippen LogP contribution is 2.65. The fraction of sp³-hybridized carbons (Fsp3) is 0.700. The summed E-state index contributed by atoms with van der Waals surface area (Å²) in [5, 5.41) is 9.47. The molecule has 2 rings (SSSR count). The van der Waals surface area contributed by atoms with Crippen LogP contribution in [0.4, 0.5) is 0 Å². The van der Waals surface area contributed by atoms with Crippen molar-refractivity contribution >= 4 is 11.3 Å². The van der Waals surface area contributed by atoms with Crippen molar-refractivity contribution in [3.8, 4) is 0 Å². The van der Waals surface area contributed by atoms with Crippen LogP contribution < -0.4 is 0 Å². The van der Waals surface area contributed by atoms with E-state index in [0.717, 1.165) is 12.1 Å². The Morgan fingerprint density at radius 1 is 1.62 bits per heavy atom. The van der Waals surface area contributed by atoms with Crippen molar-refractivity contribution in [2.45, 2.75) is 32.6 Å². The molecule has 0 bridgehead atoms. The summed E-state index contributed by atoms with van der Waals surface area (Å²) in [5.41, 5.74) is 3.22. The van der Waals surface area contributed by atoms with E-state index in [-0.39, 0.29) is 17.4 Å². The SMILES string of the molecule is Cc1ncsc1C1(CO)CC1(C)C. The lowest BCUT2D eigenvalue weighted by atomic mass is 9.94. The molecule has 3 heteroatoms. The van der Waals surface area contributed by atoms with E-state index in [9.17, 15) is 5.11 Å². The smallest absolute Gasteiger partial charge is 0.0797 e. The van der Waals surface area contributed by atoms with Crippen LogP contribution in [0.25, 0.3) is 0 Å². The van der Waals surface area contributed by atoms with E-state index in [2.05, 4.69) is 18.8 Å².